The molecule has 6 heteroatoms. The summed E-state index contributed by atoms with van der Waals surface area (Å²) < 4.78 is 16.8. The molecule has 0 aliphatic carbocycles. The number of carbonyl (C=O) groups excluding carboxylic acids is 3. The normalized spacial score (nSPS) is 12.7. The zero-order valence-electron chi connectivity index (χ0n) is 43.2. The maximum absolute atomic E-state index is 12.8. The van der Waals surface area contributed by atoms with Crippen LogP contribution in [-0.2, 0) is 28.6 Å². The Kier molecular flexibility index (Phi) is 51.4. The van der Waals surface area contributed by atoms with E-state index in [9.17, 15) is 14.4 Å². The van der Waals surface area contributed by atoms with Crippen molar-refractivity contribution in [3.8, 4) is 0 Å². The molecule has 0 aromatic rings. The smallest absolute Gasteiger partial charge is 0.306 e. The number of allylic oxidation sites excluding steroid dienone is 14. The topological polar surface area (TPSA) is 78.9 Å². The summed E-state index contributed by atoms with van der Waals surface area (Å²) in [6.07, 6.45) is 70.0. The van der Waals surface area contributed by atoms with Gasteiger partial charge in [0.25, 0.3) is 0 Å². The number of hydrogen-bond donors (Lipinski definition) is 0. The summed E-state index contributed by atoms with van der Waals surface area (Å²) in [6, 6.07) is 0. The third kappa shape index (κ3) is 51.6. The van der Waals surface area contributed by atoms with Gasteiger partial charge >= 0.3 is 17.9 Å². The quantitative estimate of drug-likeness (QED) is 0.0262. The average molecular weight is 919 g/mol. The number of esters is 3. The molecule has 378 valence electrons. The predicted octanol–water partition coefficient (Wildman–Crippen LogP) is 18.4. The van der Waals surface area contributed by atoms with E-state index in [2.05, 4.69) is 106 Å². The maximum atomic E-state index is 12.8. The van der Waals surface area contributed by atoms with Crippen LogP contribution in [0, 0.1) is 0 Å². The van der Waals surface area contributed by atoms with Crippen molar-refractivity contribution in [2.24, 2.45) is 0 Å². The number of unbranched alkanes of at least 4 members (excludes halogenated alkanes) is 24. The summed E-state index contributed by atoms with van der Waals surface area (Å²) in [6.45, 7) is 6.39. The van der Waals surface area contributed by atoms with E-state index in [1.807, 2.05) is 0 Å². The lowest BCUT2D eigenvalue weighted by atomic mass is 10.0. The summed E-state index contributed by atoms with van der Waals surface area (Å²) in [5.74, 6) is -0.922. The van der Waals surface area contributed by atoms with Gasteiger partial charge in [0.2, 0.25) is 0 Å². The Hall–Kier alpha value is -3.41. The van der Waals surface area contributed by atoms with Gasteiger partial charge < -0.3 is 14.2 Å². The molecule has 0 aromatic heterocycles. The third-order valence-electron chi connectivity index (χ3n) is 11.6. The van der Waals surface area contributed by atoms with Crippen LogP contribution >= 0.6 is 0 Å². The molecule has 0 fully saturated rings. The first kappa shape index (κ1) is 62.6. The number of hydrogen-bond acceptors (Lipinski definition) is 6. The molecule has 0 heterocycles. The Labute approximate surface area is 407 Å². The Morgan fingerprint density at radius 2 is 0.591 bits per heavy atom. The number of ether oxygens (including phenoxy) is 3. The summed E-state index contributed by atoms with van der Waals surface area (Å²) in [5.41, 5.74) is 0. The van der Waals surface area contributed by atoms with Crippen LogP contribution < -0.4 is 0 Å². The molecule has 0 saturated carbocycles. The molecule has 1 atom stereocenters. The van der Waals surface area contributed by atoms with Crippen molar-refractivity contribution in [2.75, 3.05) is 13.2 Å². The van der Waals surface area contributed by atoms with E-state index in [0.29, 0.717) is 19.3 Å². The number of rotatable bonds is 49. The SMILES string of the molecule is CC/C=C\C/C=C\C/C=C\C/C=C\CCCCCC(=O)OC(COC(=O)CCCCCCCCCCC/C=C\C/C=C\C/C=C\CC)COC(=O)CCCCCCCCCCCCCCC. The van der Waals surface area contributed by atoms with Crippen LogP contribution in [-0.4, -0.2) is 37.2 Å². The predicted molar refractivity (Wildman–Crippen MR) is 284 cm³/mol. The highest BCUT2D eigenvalue weighted by Crippen LogP contribution is 2.15. The lowest BCUT2D eigenvalue weighted by molar-refractivity contribution is -0.167. The lowest BCUT2D eigenvalue weighted by Crippen LogP contribution is -2.30. The van der Waals surface area contributed by atoms with E-state index in [1.165, 1.54) is 109 Å². The fourth-order valence-corrected chi connectivity index (χ4v) is 7.57. The van der Waals surface area contributed by atoms with E-state index in [4.69, 9.17) is 14.2 Å². The second-order valence-corrected chi connectivity index (χ2v) is 18.1. The summed E-state index contributed by atoms with van der Waals surface area (Å²) >= 11 is 0. The monoisotopic (exact) mass is 919 g/mol. The summed E-state index contributed by atoms with van der Waals surface area (Å²) in [4.78, 5) is 38.1. The largest absolute Gasteiger partial charge is 0.462 e. The van der Waals surface area contributed by atoms with Crippen LogP contribution in [0.2, 0.25) is 0 Å². The summed E-state index contributed by atoms with van der Waals surface area (Å²) in [5, 5.41) is 0. The van der Waals surface area contributed by atoms with E-state index in [1.54, 1.807) is 0 Å². The molecule has 0 aromatic carbocycles. The minimum absolute atomic E-state index is 0.0894. The molecule has 0 spiro atoms. The zero-order chi connectivity index (χ0) is 47.9. The van der Waals surface area contributed by atoms with Gasteiger partial charge in [0.05, 0.1) is 0 Å². The number of carbonyl (C=O) groups is 3. The fourth-order valence-electron chi connectivity index (χ4n) is 7.57. The Morgan fingerprint density at radius 3 is 0.939 bits per heavy atom. The molecule has 0 N–H and O–H groups in total. The molecular weight excluding hydrogens is 817 g/mol. The Bertz CT molecular complexity index is 1290. The first-order chi connectivity index (χ1) is 32.5. The van der Waals surface area contributed by atoms with Crippen molar-refractivity contribution >= 4 is 17.9 Å². The molecule has 0 amide bonds. The van der Waals surface area contributed by atoms with Crippen LogP contribution in [0.5, 0.6) is 0 Å². The van der Waals surface area contributed by atoms with Gasteiger partial charge in [-0.15, -0.1) is 0 Å². The molecule has 0 aliphatic heterocycles. The molecule has 1 unspecified atom stereocenters. The molecule has 0 radical (unpaired) electrons. The molecule has 0 rings (SSSR count). The minimum Gasteiger partial charge on any atom is -0.462 e. The van der Waals surface area contributed by atoms with Crippen LogP contribution in [0.25, 0.3) is 0 Å². The van der Waals surface area contributed by atoms with E-state index in [0.717, 1.165) is 109 Å². The lowest BCUT2D eigenvalue weighted by Gasteiger charge is -2.18. The van der Waals surface area contributed by atoms with Crippen LogP contribution in [0.4, 0.5) is 0 Å². The zero-order valence-corrected chi connectivity index (χ0v) is 43.2. The van der Waals surface area contributed by atoms with Gasteiger partial charge in [-0.05, 0) is 89.9 Å². The molecule has 66 heavy (non-hydrogen) atoms. The van der Waals surface area contributed by atoms with Gasteiger partial charge in [0.15, 0.2) is 6.10 Å². The Balaban J connectivity index is 4.41. The van der Waals surface area contributed by atoms with Gasteiger partial charge in [0.1, 0.15) is 13.2 Å². The highest BCUT2D eigenvalue weighted by Gasteiger charge is 2.19. The summed E-state index contributed by atoms with van der Waals surface area (Å²) in [7, 11) is 0. The average Bonchev–Trinajstić information content (AvgIpc) is 3.31. The minimum atomic E-state index is -0.794. The second-order valence-electron chi connectivity index (χ2n) is 18.1. The third-order valence-corrected chi connectivity index (χ3v) is 11.6. The molecular formula is C60H102O6. The van der Waals surface area contributed by atoms with Crippen molar-refractivity contribution < 1.29 is 28.6 Å². The van der Waals surface area contributed by atoms with Gasteiger partial charge in [-0.1, -0.05) is 234 Å². The highest BCUT2D eigenvalue weighted by atomic mass is 16.6. The van der Waals surface area contributed by atoms with Crippen molar-refractivity contribution in [1.82, 2.24) is 0 Å². The van der Waals surface area contributed by atoms with Crippen LogP contribution in [0.3, 0.4) is 0 Å². The molecule has 0 aliphatic rings. The molecule has 6 nitrogen and oxygen atoms in total. The van der Waals surface area contributed by atoms with E-state index in [-0.39, 0.29) is 31.1 Å². The fraction of sp³-hybridized carbons (Fsp3) is 0.717. The Morgan fingerprint density at radius 1 is 0.318 bits per heavy atom. The van der Waals surface area contributed by atoms with Gasteiger partial charge in [0, 0.05) is 19.3 Å². The van der Waals surface area contributed by atoms with Gasteiger partial charge in [-0.2, -0.15) is 0 Å². The molecule has 0 bridgehead atoms. The van der Waals surface area contributed by atoms with Crippen molar-refractivity contribution in [2.45, 2.75) is 264 Å². The van der Waals surface area contributed by atoms with E-state index >= 15 is 0 Å². The van der Waals surface area contributed by atoms with Crippen molar-refractivity contribution in [3.05, 3.63) is 85.1 Å². The van der Waals surface area contributed by atoms with Gasteiger partial charge in [-0.25, -0.2) is 0 Å². The maximum Gasteiger partial charge on any atom is 0.306 e. The van der Waals surface area contributed by atoms with Crippen LogP contribution in [0.15, 0.2) is 85.1 Å². The van der Waals surface area contributed by atoms with E-state index < -0.39 is 6.10 Å². The first-order valence-corrected chi connectivity index (χ1v) is 27.6. The van der Waals surface area contributed by atoms with Crippen molar-refractivity contribution in [3.63, 3.8) is 0 Å². The standard InChI is InChI=1S/C60H102O6/c1-4-7-10-13-16-19-22-25-27-29-30-31-33-35-38-41-44-47-50-53-59(62)65-56-57(55-64-58(61)52-49-46-43-40-37-34-24-21-18-15-12-9-6-3)66-60(63)54-51-48-45-42-39-36-32-28-26-23-20-17-14-11-8-5-2/h7-8,10-11,16-17,19-20,25-28,36,39,57H,4-6,9,12-15,18,21-24,29-35,37-38,40-56H2,1-3H3/b10-7-,11-8-,19-16-,20-17-,27-25-,28-26-,39-36-. The first-order valence-electron chi connectivity index (χ1n) is 27.6. The highest BCUT2D eigenvalue weighted by molar-refractivity contribution is 5.71. The van der Waals surface area contributed by atoms with Crippen molar-refractivity contribution in [1.29, 1.82) is 0 Å². The van der Waals surface area contributed by atoms with Crippen LogP contribution in [0.1, 0.15) is 258 Å². The second kappa shape index (κ2) is 54.2. The van der Waals surface area contributed by atoms with Gasteiger partial charge in [-0.3, -0.25) is 14.4 Å². The molecule has 0 saturated heterocycles.